The first-order valence-electron chi connectivity index (χ1n) is 6.64. The molecule has 1 aromatic heterocycles. The Hall–Kier alpha value is -1.82. The van der Waals surface area contributed by atoms with E-state index in [4.69, 9.17) is 4.42 Å². The van der Waals surface area contributed by atoms with Gasteiger partial charge in [-0.25, -0.2) is 9.37 Å². The lowest BCUT2D eigenvalue weighted by molar-refractivity contribution is -0.120. The van der Waals surface area contributed by atoms with Crippen molar-refractivity contribution in [2.45, 2.75) is 37.3 Å². The molecule has 0 aliphatic carbocycles. The second-order valence-electron chi connectivity index (χ2n) is 4.92. The maximum Gasteiger partial charge on any atom is 0.256 e. The van der Waals surface area contributed by atoms with Crippen LogP contribution in [0, 0.1) is 5.82 Å². The molecule has 21 heavy (non-hydrogen) atoms. The molecule has 1 aromatic carbocycles. The van der Waals surface area contributed by atoms with Gasteiger partial charge >= 0.3 is 0 Å². The molecule has 0 saturated heterocycles. The molecule has 0 saturated carbocycles. The molecule has 0 radical (unpaired) electrons. The van der Waals surface area contributed by atoms with E-state index in [1.54, 1.807) is 25.3 Å². The molecule has 0 fully saturated rings. The number of oxazole rings is 1. The van der Waals surface area contributed by atoms with Gasteiger partial charge in [0.05, 0.1) is 11.4 Å². The van der Waals surface area contributed by atoms with Gasteiger partial charge in [-0.15, -0.1) is 0 Å². The zero-order valence-corrected chi connectivity index (χ0v) is 12.9. The highest BCUT2D eigenvalue weighted by Crippen LogP contribution is 2.28. The summed E-state index contributed by atoms with van der Waals surface area (Å²) in [5.74, 6) is 0.192. The highest BCUT2D eigenvalue weighted by molar-refractivity contribution is 8.00. The van der Waals surface area contributed by atoms with E-state index >= 15 is 0 Å². The Morgan fingerprint density at radius 3 is 2.57 bits per heavy atom. The Labute approximate surface area is 127 Å². The predicted molar refractivity (Wildman–Crippen MR) is 80.5 cm³/mol. The number of benzene rings is 1. The molecule has 6 heteroatoms. The third-order valence-electron chi connectivity index (χ3n) is 2.69. The number of nitrogens with zero attached hydrogens (tertiary/aromatic N) is 1. The topological polar surface area (TPSA) is 55.1 Å². The first kappa shape index (κ1) is 15.6. The van der Waals surface area contributed by atoms with Crippen LogP contribution in [-0.2, 0) is 4.79 Å². The first-order valence-corrected chi connectivity index (χ1v) is 7.52. The molecule has 0 unspecified atom stereocenters. The van der Waals surface area contributed by atoms with Gasteiger partial charge in [-0.1, -0.05) is 11.8 Å². The minimum Gasteiger partial charge on any atom is -0.431 e. The average molecular weight is 308 g/mol. The summed E-state index contributed by atoms with van der Waals surface area (Å²) in [5.41, 5.74) is 0.745. The smallest absolute Gasteiger partial charge is 0.256 e. The normalized spacial score (nSPS) is 12.4. The van der Waals surface area contributed by atoms with Crippen molar-refractivity contribution < 1.29 is 13.6 Å². The maximum absolute atomic E-state index is 12.9. The van der Waals surface area contributed by atoms with Crippen molar-refractivity contribution >= 4 is 17.7 Å². The lowest BCUT2D eigenvalue weighted by Gasteiger charge is -2.12. The summed E-state index contributed by atoms with van der Waals surface area (Å²) in [6.07, 6.45) is 1.57. The van der Waals surface area contributed by atoms with Crippen LogP contribution in [-0.4, -0.2) is 22.2 Å². The van der Waals surface area contributed by atoms with Gasteiger partial charge in [0.2, 0.25) is 5.91 Å². The van der Waals surface area contributed by atoms with Crippen LogP contribution in [0.2, 0.25) is 0 Å². The molecule has 1 amide bonds. The van der Waals surface area contributed by atoms with Crippen LogP contribution in [0.25, 0.3) is 11.3 Å². The number of carbonyl (C=O) groups excluding carboxylic acids is 1. The third kappa shape index (κ3) is 4.32. The summed E-state index contributed by atoms with van der Waals surface area (Å²) in [7, 11) is 0. The summed E-state index contributed by atoms with van der Waals surface area (Å²) < 4.78 is 18.5. The fourth-order valence-electron chi connectivity index (χ4n) is 1.67. The van der Waals surface area contributed by atoms with Gasteiger partial charge in [-0.3, -0.25) is 4.79 Å². The molecule has 0 bridgehead atoms. The maximum atomic E-state index is 12.9. The fourth-order valence-corrected chi connectivity index (χ4v) is 2.40. The van der Waals surface area contributed by atoms with Crippen LogP contribution >= 0.6 is 11.8 Å². The van der Waals surface area contributed by atoms with E-state index < -0.39 is 0 Å². The number of aromatic nitrogens is 1. The Kier molecular flexibility index (Phi) is 5.01. The molecule has 2 aromatic rings. The molecule has 1 heterocycles. The Bertz CT molecular complexity index is 610. The van der Waals surface area contributed by atoms with Crippen molar-refractivity contribution in [3.05, 3.63) is 36.3 Å². The summed E-state index contributed by atoms with van der Waals surface area (Å²) >= 11 is 1.25. The molecular formula is C15H17FN2O2S. The number of nitrogens with one attached hydrogen (secondary N) is 1. The van der Waals surface area contributed by atoms with Gasteiger partial charge < -0.3 is 9.73 Å². The molecule has 4 nitrogen and oxygen atoms in total. The van der Waals surface area contributed by atoms with E-state index in [2.05, 4.69) is 10.3 Å². The monoisotopic (exact) mass is 308 g/mol. The molecule has 1 atom stereocenters. The number of hydrogen-bond acceptors (Lipinski definition) is 4. The minimum atomic E-state index is -0.299. The van der Waals surface area contributed by atoms with E-state index in [0.29, 0.717) is 11.0 Å². The second kappa shape index (κ2) is 6.76. The van der Waals surface area contributed by atoms with Gasteiger partial charge in [0.15, 0.2) is 5.76 Å². The van der Waals surface area contributed by atoms with Crippen LogP contribution < -0.4 is 5.32 Å². The third-order valence-corrected chi connectivity index (χ3v) is 3.65. The zero-order valence-electron chi connectivity index (χ0n) is 12.1. The SMILES string of the molecule is CC(C)NC(=O)[C@H](C)Sc1ncc(-c2ccc(F)cc2)o1. The van der Waals surface area contributed by atoms with E-state index in [-0.39, 0.29) is 23.0 Å². The number of halogens is 1. The van der Waals surface area contributed by atoms with Crippen molar-refractivity contribution in [2.24, 2.45) is 0 Å². The Morgan fingerprint density at radius 2 is 1.95 bits per heavy atom. The standard InChI is InChI=1S/C15H17FN2O2S/c1-9(2)18-14(19)10(3)21-15-17-8-13(20-15)11-4-6-12(16)7-5-11/h4-10H,1-3H3,(H,18,19)/t10-/m0/s1. The van der Waals surface area contributed by atoms with Gasteiger partial charge in [-0.2, -0.15) is 0 Å². The number of hydrogen-bond donors (Lipinski definition) is 1. The Balaban J connectivity index is 2.03. The molecule has 112 valence electrons. The van der Waals surface area contributed by atoms with Crippen molar-refractivity contribution in [2.75, 3.05) is 0 Å². The zero-order chi connectivity index (χ0) is 15.4. The predicted octanol–water partition coefficient (Wildman–Crippen LogP) is 3.49. The number of thioether (sulfide) groups is 1. The number of rotatable bonds is 5. The van der Waals surface area contributed by atoms with Crippen molar-refractivity contribution in [3.8, 4) is 11.3 Å². The lowest BCUT2D eigenvalue weighted by Crippen LogP contribution is -2.35. The summed E-state index contributed by atoms with van der Waals surface area (Å²) in [6.45, 7) is 5.62. The van der Waals surface area contributed by atoms with Crippen LogP contribution in [0.15, 0.2) is 40.1 Å². The molecule has 0 spiro atoms. The van der Waals surface area contributed by atoms with Crippen LogP contribution in [0.4, 0.5) is 4.39 Å². The van der Waals surface area contributed by atoms with Crippen molar-refractivity contribution in [1.29, 1.82) is 0 Å². The van der Waals surface area contributed by atoms with Crippen molar-refractivity contribution in [1.82, 2.24) is 10.3 Å². The van der Waals surface area contributed by atoms with Gasteiger partial charge in [0.1, 0.15) is 5.82 Å². The van der Waals surface area contributed by atoms with Crippen molar-refractivity contribution in [3.63, 3.8) is 0 Å². The molecule has 2 rings (SSSR count). The minimum absolute atomic E-state index is 0.0588. The largest absolute Gasteiger partial charge is 0.431 e. The van der Waals surface area contributed by atoms with E-state index in [9.17, 15) is 9.18 Å². The highest BCUT2D eigenvalue weighted by Gasteiger charge is 2.18. The van der Waals surface area contributed by atoms with E-state index in [0.717, 1.165) is 5.56 Å². The van der Waals surface area contributed by atoms with E-state index in [1.807, 2.05) is 13.8 Å². The van der Waals surface area contributed by atoms with Gasteiger partial charge in [0.25, 0.3) is 5.22 Å². The molecular weight excluding hydrogens is 291 g/mol. The van der Waals surface area contributed by atoms with Crippen LogP contribution in [0.3, 0.4) is 0 Å². The van der Waals surface area contributed by atoms with E-state index in [1.165, 1.54) is 23.9 Å². The molecule has 1 N–H and O–H groups in total. The number of carbonyl (C=O) groups is 1. The van der Waals surface area contributed by atoms with Crippen LogP contribution in [0.5, 0.6) is 0 Å². The second-order valence-corrected chi connectivity index (χ2v) is 6.21. The molecule has 0 aliphatic heterocycles. The average Bonchev–Trinajstić information content (AvgIpc) is 2.87. The van der Waals surface area contributed by atoms with Gasteiger partial charge in [-0.05, 0) is 45.0 Å². The lowest BCUT2D eigenvalue weighted by atomic mass is 10.2. The summed E-state index contributed by atoms with van der Waals surface area (Å²) in [4.78, 5) is 16.0. The van der Waals surface area contributed by atoms with Gasteiger partial charge in [0, 0.05) is 11.6 Å². The highest BCUT2D eigenvalue weighted by atomic mass is 32.2. The fraction of sp³-hybridized carbons (Fsp3) is 0.333. The number of amides is 1. The molecule has 0 aliphatic rings. The first-order chi connectivity index (χ1) is 9.95. The van der Waals surface area contributed by atoms with Crippen LogP contribution in [0.1, 0.15) is 20.8 Å². The Morgan fingerprint density at radius 1 is 1.29 bits per heavy atom. The summed E-state index contributed by atoms with van der Waals surface area (Å²) in [5, 5.41) is 2.95. The quantitative estimate of drug-likeness (QED) is 0.859. The summed E-state index contributed by atoms with van der Waals surface area (Å²) in [6, 6.07) is 6.07.